The number of fused-ring (bicyclic) bond motifs is 1. The number of aryl methyl sites for hydroxylation is 1. The molecule has 0 aliphatic carbocycles. The number of para-hydroxylation sites is 1. The van der Waals surface area contributed by atoms with E-state index in [0.29, 0.717) is 18.2 Å². The molecule has 0 aliphatic heterocycles. The number of benzene rings is 1. The van der Waals surface area contributed by atoms with Gasteiger partial charge in [0.05, 0.1) is 6.54 Å². The van der Waals surface area contributed by atoms with Crippen molar-refractivity contribution in [1.29, 1.82) is 0 Å². The standard InChI is InChI=1S/C18H23N5O4/c1-3-9-19-17-20-15-14(16(25)21-18(26)22(15)2)23(17)10-12(24)11-27-13-7-5-4-6-8-13/h4-8,12,24H,3,9-11H2,1-2H3,(H,19,20)(H,21,25,26)/t12-/m0/s1. The van der Waals surface area contributed by atoms with E-state index in [1.807, 2.05) is 25.1 Å². The molecule has 2 heterocycles. The van der Waals surface area contributed by atoms with Crippen LogP contribution in [0.1, 0.15) is 13.3 Å². The van der Waals surface area contributed by atoms with Gasteiger partial charge in [-0.05, 0) is 18.6 Å². The normalized spacial score (nSPS) is 12.3. The number of ether oxygens (including phenoxy) is 1. The second kappa shape index (κ2) is 8.09. The molecule has 0 saturated carbocycles. The molecule has 0 unspecified atom stereocenters. The molecule has 3 N–H and O–H groups in total. The van der Waals surface area contributed by atoms with Crippen LogP contribution in [0.5, 0.6) is 5.75 Å². The van der Waals surface area contributed by atoms with Crippen molar-refractivity contribution in [1.82, 2.24) is 19.1 Å². The summed E-state index contributed by atoms with van der Waals surface area (Å²) < 4.78 is 8.44. The van der Waals surface area contributed by atoms with E-state index < -0.39 is 17.4 Å². The van der Waals surface area contributed by atoms with Gasteiger partial charge in [0.2, 0.25) is 5.95 Å². The molecule has 0 radical (unpaired) electrons. The Morgan fingerprint density at radius 1 is 1.30 bits per heavy atom. The minimum Gasteiger partial charge on any atom is -0.491 e. The third kappa shape index (κ3) is 4.03. The topological polar surface area (TPSA) is 114 Å². The average molecular weight is 373 g/mol. The Bertz CT molecular complexity index is 1020. The summed E-state index contributed by atoms with van der Waals surface area (Å²) in [6.07, 6.45) is -0.0144. The summed E-state index contributed by atoms with van der Waals surface area (Å²) >= 11 is 0. The van der Waals surface area contributed by atoms with Crippen LogP contribution in [0.3, 0.4) is 0 Å². The number of aromatic nitrogens is 4. The third-order valence-electron chi connectivity index (χ3n) is 4.12. The molecular weight excluding hydrogens is 350 g/mol. The molecule has 0 fully saturated rings. The van der Waals surface area contributed by atoms with Gasteiger partial charge in [0.25, 0.3) is 5.56 Å². The first-order chi connectivity index (χ1) is 13.0. The molecule has 0 amide bonds. The van der Waals surface area contributed by atoms with E-state index in [4.69, 9.17) is 4.74 Å². The molecule has 1 atom stereocenters. The molecule has 1 aromatic carbocycles. The van der Waals surface area contributed by atoms with Crippen LogP contribution in [0.15, 0.2) is 39.9 Å². The van der Waals surface area contributed by atoms with Crippen LogP contribution in [0.2, 0.25) is 0 Å². The van der Waals surface area contributed by atoms with E-state index in [-0.39, 0.29) is 24.3 Å². The van der Waals surface area contributed by atoms with Crippen LogP contribution in [-0.4, -0.2) is 43.5 Å². The molecule has 3 aromatic rings. The van der Waals surface area contributed by atoms with E-state index in [2.05, 4.69) is 15.3 Å². The third-order valence-corrected chi connectivity index (χ3v) is 4.12. The summed E-state index contributed by atoms with van der Waals surface area (Å²) in [5, 5.41) is 13.6. The van der Waals surface area contributed by atoms with Gasteiger partial charge in [0.15, 0.2) is 11.2 Å². The molecule has 0 aliphatic rings. The second-order valence-corrected chi connectivity index (χ2v) is 6.24. The Labute approximate surface area is 155 Å². The van der Waals surface area contributed by atoms with Crippen molar-refractivity contribution in [3.63, 3.8) is 0 Å². The van der Waals surface area contributed by atoms with Crippen molar-refractivity contribution >= 4 is 17.1 Å². The molecule has 9 nitrogen and oxygen atoms in total. The molecule has 3 rings (SSSR count). The fourth-order valence-corrected chi connectivity index (χ4v) is 2.76. The average Bonchev–Trinajstić information content (AvgIpc) is 3.02. The van der Waals surface area contributed by atoms with Crippen molar-refractivity contribution in [2.45, 2.75) is 26.0 Å². The van der Waals surface area contributed by atoms with Crippen molar-refractivity contribution in [3.05, 3.63) is 51.2 Å². The predicted octanol–water partition coefficient (Wildman–Crippen LogP) is 0.685. The number of nitrogens with one attached hydrogen (secondary N) is 2. The Kier molecular flexibility index (Phi) is 5.60. The number of anilines is 1. The molecular formula is C18H23N5O4. The summed E-state index contributed by atoms with van der Waals surface area (Å²) in [4.78, 5) is 30.8. The minimum atomic E-state index is -0.874. The van der Waals surface area contributed by atoms with Gasteiger partial charge in [-0.15, -0.1) is 0 Å². The van der Waals surface area contributed by atoms with Crippen LogP contribution in [0.4, 0.5) is 5.95 Å². The highest BCUT2D eigenvalue weighted by atomic mass is 16.5. The number of rotatable bonds is 8. The van der Waals surface area contributed by atoms with Crippen molar-refractivity contribution in [2.24, 2.45) is 7.05 Å². The molecule has 9 heteroatoms. The molecule has 0 bridgehead atoms. The first-order valence-corrected chi connectivity index (χ1v) is 8.80. The molecule has 2 aromatic heterocycles. The van der Waals surface area contributed by atoms with Crippen LogP contribution < -0.4 is 21.3 Å². The molecule has 0 spiro atoms. The Morgan fingerprint density at radius 3 is 2.74 bits per heavy atom. The van der Waals surface area contributed by atoms with Gasteiger partial charge < -0.3 is 19.7 Å². The van der Waals surface area contributed by atoms with E-state index >= 15 is 0 Å². The number of nitrogens with zero attached hydrogens (tertiary/aromatic N) is 3. The summed E-state index contributed by atoms with van der Waals surface area (Å²) in [6.45, 7) is 2.80. The fraction of sp³-hybridized carbons (Fsp3) is 0.389. The van der Waals surface area contributed by atoms with Gasteiger partial charge in [-0.25, -0.2) is 4.79 Å². The highest BCUT2D eigenvalue weighted by molar-refractivity contribution is 5.74. The smallest absolute Gasteiger partial charge is 0.329 e. The lowest BCUT2D eigenvalue weighted by Crippen LogP contribution is -2.31. The zero-order valence-electron chi connectivity index (χ0n) is 15.3. The highest BCUT2D eigenvalue weighted by Gasteiger charge is 2.19. The SMILES string of the molecule is CCCNc1nc2c(c(=O)[nH]c(=O)n2C)n1C[C@H](O)COc1ccccc1. The van der Waals surface area contributed by atoms with Gasteiger partial charge in [0.1, 0.15) is 18.5 Å². The molecule has 144 valence electrons. The summed E-state index contributed by atoms with van der Waals surface area (Å²) in [6, 6.07) is 9.17. The number of aromatic amines is 1. The van der Waals surface area contributed by atoms with Gasteiger partial charge in [0, 0.05) is 13.6 Å². The summed E-state index contributed by atoms with van der Waals surface area (Å²) in [7, 11) is 1.54. The van der Waals surface area contributed by atoms with Crippen LogP contribution in [0, 0.1) is 0 Å². The minimum absolute atomic E-state index is 0.0561. The summed E-state index contributed by atoms with van der Waals surface area (Å²) in [5.74, 6) is 1.08. The van der Waals surface area contributed by atoms with E-state index in [0.717, 1.165) is 6.42 Å². The number of H-pyrrole nitrogens is 1. The molecule has 0 saturated heterocycles. The largest absolute Gasteiger partial charge is 0.491 e. The maximum atomic E-state index is 12.4. The lowest BCUT2D eigenvalue weighted by molar-refractivity contribution is 0.0938. The number of aliphatic hydroxyl groups excluding tert-OH is 1. The van der Waals surface area contributed by atoms with Gasteiger partial charge in [-0.3, -0.25) is 14.3 Å². The van der Waals surface area contributed by atoms with Gasteiger partial charge in [-0.2, -0.15) is 4.98 Å². The number of hydrogen-bond acceptors (Lipinski definition) is 6. The van der Waals surface area contributed by atoms with Gasteiger partial charge in [-0.1, -0.05) is 25.1 Å². The zero-order valence-corrected chi connectivity index (χ0v) is 15.3. The molecule has 27 heavy (non-hydrogen) atoms. The van der Waals surface area contributed by atoms with Crippen molar-refractivity contribution < 1.29 is 9.84 Å². The second-order valence-electron chi connectivity index (χ2n) is 6.24. The number of hydrogen-bond donors (Lipinski definition) is 3. The van der Waals surface area contributed by atoms with Gasteiger partial charge >= 0.3 is 5.69 Å². The lowest BCUT2D eigenvalue weighted by Gasteiger charge is -2.15. The maximum absolute atomic E-state index is 12.4. The number of aliphatic hydroxyl groups is 1. The predicted molar refractivity (Wildman–Crippen MR) is 102 cm³/mol. The Hall–Kier alpha value is -3.07. The zero-order chi connectivity index (χ0) is 19.4. The lowest BCUT2D eigenvalue weighted by atomic mass is 10.3. The Balaban J connectivity index is 1.90. The quantitative estimate of drug-likeness (QED) is 0.535. The van der Waals surface area contributed by atoms with Crippen molar-refractivity contribution in [3.8, 4) is 5.75 Å². The Morgan fingerprint density at radius 2 is 2.04 bits per heavy atom. The first kappa shape index (κ1) is 18.7. The van der Waals surface area contributed by atoms with Crippen LogP contribution in [0.25, 0.3) is 11.2 Å². The monoisotopic (exact) mass is 373 g/mol. The maximum Gasteiger partial charge on any atom is 0.329 e. The van der Waals surface area contributed by atoms with Crippen molar-refractivity contribution in [2.75, 3.05) is 18.5 Å². The van der Waals surface area contributed by atoms with E-state index in [9.17, 15) is 14.7 Å². The van der Waals surface area contributed by atoms with E-state index in [1.54, 1.807) is 16.7 Å². The summed E-state index contributed by atoms with van der Waals surface area (Å²) in [5.41, 5.74) is -0.582. The van der Waals surface area contributed by atoms with Crippen LogP contribution in [-0.2, 0) is 13.6 Å². The fourth-order valence-electron chi connectivity index (χ4n) is 2.76. The number of imidazole rings is 1. The van der Waals surface area contributed by atoms with E-state index in [1.165, 1.54) is 11.6 Å². The first-order valence-electron chi connectivity index (χ1n) is 8.80. The van der Waals surface area contributed by atoms with Crippen LogP contribution >= 0.6 is 0 Å². The highest BCUT2D eigenvalue weighted by Crippen LogP contribution is 2.16.